The van der Waals surface area contributed by atoms with Crippen LogP contribution in [0.4, 0.5) is 4.79 Å². The van der Waals surface area contributed by atoms with Crippen LogP contribution in [0, 0.1) is 5.92 Å². The maximum Gasteiger partial charge on any atom is 0.508 e. The van der Waals surface area contributed by atoms with E-state index >= 15 is 0 Å². The van der Waals surface area contributed by atoms with Gasteiger partial charge in [-0.3, -0.25) is 19.2 Å². The minimum absolute atomic E-state index is 0.0289. The summed E-state index contributed by atoms with van der Waals surface area (Å²) in [7, 11) is 2.71. The number of benzene rings is 1. The second kappa shape index (κ2) is 23.2. The van der Waals surface area contributed by atoms with Crippen molar-refractivity contribution in [3.05, 3.63) is 35.9 Å². The third kappa shape index (κ3) is 15.5. The molecule has 2 aliphatic rings. The van der Waals surface area contributed by atoms with Crippen LogP contribution in [0.3, 0.4) is 0 Å². The summed E-state index contributed by atoms with van der Waals surface area (Å²) in [4.78, 5) is 71.3. The number of methoxy groups -OCH3 is 1. The second-order valence-electron chi connectivity index (χ2n) is 13.0. The van der Waals surface area contributed by atoms with Crippen LogP contribution >= 0.6 is 18.9 Å². The number of carbonyl (C=O) groups excluding carboxylic acids is 5. The summed E-state index contributed by atoms with van der Waals surface area (Å²) < 4.78 is 55.3. The molecule has 0 bridgehead atoms. The van der Waals surface area contributed by atoms with Gasteiger partial charge in [0, 0.05) is 54.4 Å². The standard InChI is InChI=1S/C35H51N2O16PS2/c1-20(38)36-29-33(51-23(4)41)32(50-22(3)40)27(19-47-21(2)39)52-34(29)46-15-11-10-14-28(55)37-26-16-25(30(31(26)44-5)53-54(43,56)45-6)18-49-35(42)48-17-24-12-8-7-9-13-24/h7-9,12-13,25-27,29-34H,10-11,14-19H2,1-6H3,(H,36,38)(H,37,55)(H,43,56)/t25-,26+,27-,29-,30?,31-,32+,33-,34-,54?/m1/s1. The minimum Gasteiger partial charge on any atom is -0.463 e. The first-order valence-electron chi connectivity index (χ1n) is 17.8. The molecule has 0 spiro atoms. The number of esters is 3. The molecule has 1 aliphatic heterocycles. The number of hydrogen-bond donors (Lipinski definition) is 3. The molecule has 0 aromatic heterocycles. The lowest BCUT2D eigenvalue weighted by Crippen LogP contribution is -2.66. The Morgan fingerprint density at radius 2 is 1.54 bits per heavy atom. The fourth-order valence-corrected chi connectivity index (χ4v) is 7.55. The van der Waals surface area contributed by atoms with Gasteiger partial charge < -0.3 is 62.5 Å². The predicted molar refractivity (Wildman–Crippen MR) is 203 cm³/mol. The quantitative estimate of drug-likeness (QED) is 0.0564. The monoisotopic (exact) mass is 850 g/mol. The van der Waals surface area contributed by atoms with E-state index in [0.717, 1.165) is 19.4 Å². The van der Waals surface area contributed by atoms with E-state index in [1.165, 1.54) is 28.1 Å². The summed E-state index contributed by atoms with van der Waals surface area (Å²) >= 11 is 10.8. The van der Waals surface area contributed by atoms with E-state index in [9.17, 15) is 28.9 Å². The summed E-state index contributed by atoms with van der Waals surface area (Å²) in [6, 6.07) is 7.62. The SMILES string of the molecule is CO[C@H]1C(OP(O)(=S)OC)[C@@H](COC(=O)OCc2ccccc2)C[C@@H]1NC(=S)CCCCO[C@@H]1O[C@H](COC(C)=O)[C@H](OC(C)=O)[C@H](OC(C)=O)[C@H]1NC(C)=O. The average molecular weight is 851 g/mol. The molecule has 2 unspecified atom stereocenters. The summed E-state index contributed by atoms with van der Waals surface area (Å²) in [6.07, 6.45) is -5.33. The lowest BCUT2D eigenvalue weighted by molar-refractivity contribution is -0.277. The van der Waals surface area contributed by atoms with Crippen LogP contribution in [0.5, 0.6) is 0 Å². The Hall–Kier alpha value is -3.33. The Morgan fingerprint density at radius 1 is 0.857 bits per heavy atom. The highest BCUT2D eigenvalue weighted by atomic mass is 32.5. The summed E-state index contributed by atoms with van der Waals surface area (Å²) in [5, 5.41) is 5.94. The molecule has 1 aliphatic carbocycles. The van der Waals surface area contributed by atoms with Crippen LogP contribution in [0.1, 0.15) is 58.9 Å². The molecule has 0 radical (unpaired) electrons. The third-order valence-corrected chi connectivity index (χ3v) is 10.6. The molecule has 1 saturated heterocycles. The summed E-state index contributed by atoms with van der Waals surface area (Å²) in [5.74, 6) is -3.02. The van der Waals surface area contributed by atoms with Crippen LogP contribution in [0.15, 0.2) is 30.3 Å². The molecule has 56 heavy (non-hydrogen) atoms. The molecule has 3 rings (SSSR count). The highest BCUT2D eigenvalue weighted by Gasteiger charge is 2.51. The molecule has 1 aromatic carbocycles. The first-order chi connectivity index (χ1) is 26.5. The van der Waals surface area contributed by atoms with E-state index < -0.39 is 91.5 Å². The van der Waals surface area contributed by atoms with Crippen LogP contribution in [0.25, 0.3) is 0 Å². The molecular formula is C35H51N2O16PS2. The van der Waals surface area contributed by atoms with Gasteiger partial charge in [0.15, 0.2) is 18.5 Å². The molecule has 314 valence electrons. The number of rotatable bonds is 20. The Labute approximate surface area is 336 Å². The minimum atomic E-state index is -3.65. The highest BCUT2D eigenvalue weighted by molar-refractivity contribution is 8.07. The zero-order chi connectivity index (χ0) is 41.4. The smallest absolute Gasteiger partial charge is 0.463 e. The Morgan fingerprint density at radius 3 is 2.14 bits per heavy atom. The predicted octanol–water partition coefficient (Wildman–Crippen LogP) is 2.75. The maximum absolute atomic E-state index is 12.4. The van der Waals surface area contributed by atoms with Crippen LogP contribution in [-0.4, -0.2) is 123 Å². The van der Waals surface area contributed by atoms with Crippen molar-refractivity contribution in [3.8, 4) is 0 Å². The van der Waals surface area contributed by atoms with E-state index in [4.69, 9.17) is 71.0 Å². The molecule has 21 heteroatoms. The number of hydrogen-bond acceptors (Lipinski definition) is 17. The molecular weight excluding hydrogens is 799 g/mol. The van der Waals surface area contributed by atoms with Crippen molar-refractivity contribution >= 4 is 65.7 Å². The number of thiocarbonyl (C=S) groups is 1. The topological polar surface area (TPSA) is 222 Å². The number of amides is 1. The molecule has 18 nitrogen and oxygen atoms in total. The van der Waals surface area contributed by atoms with E-state index in [1.54, 1.807) is 0 Å². The first kappa shape index (κ1) is 47.0. The van der Waals surface area contributed by atoms with Gasteiger partial charge in [0.1, 0.15) is 44.2 Å². The largest absolute Gasteiger partial charge is 0.508 e. The first-order valence-corrected chi connectivity index (χ1v) is 20.8. The Kier molecular flexibility index (Phi) is 19.5. The molecule has 10 atom stereocenters. The lowest BCUT2D eigenvalue weighted by atomic mass is 9.96. The van der Waals surface area contributed by atoms with Crippen LogP contribution < -0.4 is 10.6 Å². The van der Waals surface area contributed by atoms with Crippen molar-refractivity contribution < 1.29 is 75.8 Å². The van der Waals surface area contributed by atoms with Crippen molar-refractivity contribution in [2.24, 2.45) is 5.92 Å². The average Bonchev–Trinajstić information content (AvgIpc) is 3.44. The van der Waals surface area contributed by atoms with Gasteiger partial charge in [0.2, 0.25) is 5.91 Å². The second-order valence-corrected chi connectivity index (χ2v) is 16.4. The molecule has 1 amide bonds. The fourth-order valence-electron chi connectivity index (χ4n) is 6.27. The van der Waals surface area contributed by atoms with Gasteiger partial charge in [-0.15, -0.1) is 0 Å². The van der Waals surface area contributed by atoms with Crippen molar-refractivity contribution in [2.75, 3.05) is 34.0 Å². The number of unbranched alkanes of at least 4 members (excludes halogenated alkanes) is 1. The van der Waals surface area contributed by atoms with Crippen molar-refractivity contribution in [1.82, 2.24) is 10.6 Å². The highest BCUT2D eigenvalue weighted by Crippen LogP contribution is 2.48. The Bertz CT molecular complexity index is 1540. The molecule has 1 aromatic rings. The van der Waals surface area contributed by atoms with Gasteiger partial charge in [0.25, 0.3) is 0 Å². The van der Waals surface area contributed by atoms with Gasteiger partial charge in [-0.1, -0.05) is 42.5 Å². The normalized spacial score (nSPS) is 26.9. The summed E-state index contributed by atoms with van der Waals surface area (Å²) in [6.45, 7) is 0.766. The van der Waals surface area contributed by atoms with Crippen molar-refractivity contribution in [3.63, 3.8) is 0 Å². The molecule has 1 heterocycles. The van der Waals surface area contributed by atoms with Gasteiger partial charge in [0.05, 0.1) is 11.0 Å². The molecule has 3 N–H and O–H groups in total. The zero-order valence-corrected chi connectivity index (χ0v) is 34.6. The van der Waals surface area contributed by atoms with Gasteiger partial charge in [-0.05, 0) is 43.1 Å². The van der Waals surface area contributed by atoms with Crippen LogP contribution in [-0.2, 0) is 84.5 Å². The number of nitrogens with one attached hydrogen (secondary N) is 2. The van der Waals surface area contributed by atoms with Gasteiger partial charge in [-0.25, -0.2) is 4.79 Å². The lowest BCUT2D eigenvalue weighted by Gasteiger charge is -2.44. The van der Waals surface area contributed by atoms with Crippen molar-refractivity contribution in [2.45, 2.75) is 109 Å². The summed E-state index contributed by atoms with van der Waals surface area (Å²) in [5.41, 5.74) is 0.792. The van der Waals surface area contributed by atoms with E-state index in [-0.39, 0.29) is 26.4 Å². The van der Waals surface area contributed by atoms with Crippen LogP contribution in [0.2, 0.25) is 0 Å². The van der Waals surface area contributed by atoms with Gasteiger partial charge >= 0.3 is 30.8 Å². The Balaban J connectivity index is 1.60. The van der Waals surface area contributed by atoms with E-state index in [1.807, 2.05) is 30.3 Å². The third-order valence-electron chi connectivity index (χ3n) is 8.61. The van der Waals surface area contributed by atoms with Crippen molar-refractivity contribution in [1.29, 1.82) is 0 Å². The maximum atomic E-state index is 12.4. The zero-order valence-electron chi connectivity index (χ0n) is 32.1. The number of ether oxygens (including phenoxy) is 8. The van der Waals surface area contributed by atoms with Gasteiger partial charge in [-0.2, -0.15) is 0 Å². The number of carbonyl (C=O) groups is 5. The van der Waals surface area contributed by atoms with E-state index in [2.05, 4.69) is 10.6 Å². The fraction of sp³-hybridized carbons (Fsp3) is 0.657. The van der Waals surface area contributed by atoms with E-state index in [0.29, 0.717) is 30.7 Å². The molecule has 2 fully saturated rings. The molecule has 1 saturated carbocycles.